The molecule has 1 aromatic carbocycles. The Morgan fingerprint density at radius 1 is 1.21 bits per heavy atom. The first kappa shape index (κ1) is 19.5. The van der Waals surface area contributed by atoms with Gasteiger partial charge in [-0.15, -0.1) is 0 Å². The molecule has 0 bridgehead atoms. The summed E-state index contributed by atoms with van der Waals surface area (Å²) in [6.45, 7) is 9.01. The molecule has 1 amide bonds. The van der Waals surface area contributed by atoms with Crippen LogP contribution in [0.15, 0.2) is 47.5 Å². The first-order valence-corrected chi connectivity index (χ1v) is 9.09. The number of carbonyl (C=O) groups is 1. The van der Waals surface area contributed by atoms with Crippen molar-refractivity contribution < 1.29 is 9.53 Å². The number of rotatable bonds is 3. The SMILES string of the molecule is Cc1cccc2nc(C(C)NC(=O)OC(C)(C)C)n(-c3cccnc3)c(=O)c12. The largest absolute Gasteiger partial charge is 0.444 e. The van der Waals surface area contributed by atoms with Crippen molar-refractivity contribution in [2.24, 2.45) is 0 Å². The minimum Gasteiger partial charge on any atom is -0.444 e. The average molecular weight is 380 g/mol. The number of nitrogens with one attached hydrogen (secondary N) is 1. The van der Waals surface area contributed by atoms with Crippen LogP contribution in [0.2, 0.25) is 0 Å². The fourth-order valence-corrected chi connectivity index (χ4v) is 2.99. The van der Waals surface area contributed by atoms with Gasteiger partial charge in [-0.25, -0.2) is 9.78 Å². The smallest absolute Gasteiger partial charge is 0.408 e. The maximum Gasteiger partial charge on any atom is 0.408 e. The molecule has 0 aliphatic heterocycles. The third kappa shape index (κ3) is 4.03. The second-order valence-corrected chi connectivity index (χ2v) is 7.66. The summed E-state index contributed by atoms with van der Waals surface area (Å²) < 4.78 is 6.83. The Morgan fingerprint density at radius 3 is 2.61 bits per heavy atom. The van der Waals surface area contributed by atoms with Gasteiger partial charge in [0.2, 0.25) is 0 Å². The molecule has 3 aromatic rings. The molecule has 28 heavy (non-hydrogen) atoms. The summed E-state index contributed by atoms with van der Waals surface area (Å²) >= 11 is 0. The minimum atomic E-state index is -0.624. The van der Waals surface area contributed by atoms with E-state index in [1.807, 2.05) is 19.1 Å². The van der Waals surface area contributed by atoms with E-state index in [0.717, 1.165) is 5.56 Å². The molecule has 0 aliphatic rings. The maximum atomic E-state index is 13.3. The molecular formula is C21H24N4O3. The number of amides is 1. The third-order valence-electron chi connectivity index (χ3n) is 4.16. The number of hydrogen-bond donors (Lipinski definition) is 1. The van der Waals surface area contributed by atoms with Crippen LogP contribution in [0, 0.1) is 6.92 Å². The minimum absolute atomic E-state index is 0.205. The zero-order valence-electron chi connectivity index (χ0n) is 16.7. The van der Waals surface area contributed by atoms with Crippen molar-refractivity contribution in [3.8, 4) is 5.69 Å². The Bertz CT molecular complexity index is 1070. The van der Waals surface area contributed by atoms with Gasteiger partial charge in [0.15, 0.2) is 0 Å². The lowest BCUT2D eigenvalue weighted by Crippen LogP contribution is -2.37. The Morgan fingerprint density at radius 2 is 1.96 bits per heavy atom. The number of benzene rings is 1. The van der Waals surface area contributed by atoms with Gasteiger partial charge in [0.05, 0.1) is 28.8 Å². The molecule has 0 saturated heterocycles. The molecule has 2 aromatic heterocycles. The van der Waals surface area contributed by atoms with E-state index in [1.54, 1.807) is 58.3 Å². The Labute approximate surface area is 163 Å². The lowest BCUT2D eigenvalue weighted by Gasteiger charge is -2.23. The van der Waals surface area contributed by atoms with E-state index in [1.165, 1.54) is 4.57 Å². The lowest BCUT2D eigenvalue weighted by atomic mass is 10.1. The van der Waals surface area contributed by atoms with Crippen LogP contribution in [0.5, 0.6) is 0 Å². The van der Waals surface area contributed by atoms with Crippen LogP contribution in [0.4, 0.5) is 4.79 Å². The maximum absolute atomic E-state index is 13.3. The third-order valence-corrected chi connectivity index (χ3v) is 4.16. The highest BCUT2D eigenvalue weighted by Crippen LogP contribution is 2.20. The summed E-state index contributed by atoms with van der Waals surface area (Å²) in [6.07, 6.45) is 2.66. The number of nitrogens with zero attached hydrogens (tertiary/aromatic N) is 3. The van der Waals surface area contributed by atoms with Crippen LogP contribution in [-0.2, 0) is 4.74 Å². The van der Waals surface area contributed by atoms with Gasteiger partial charge in [-0.05, 0) is 58.4 Å². The van der Waals surface area contributed by atoms with Crippen molar-refractivity contribution in [2.75, 3.05) is 0 Å². The van der Waals surface area contributed by atoms with E-state index in [-0.39, 0.29) is 5.56 Å². The quantitative estimate of drug-likeness (QED) is 0.749. The second kappa shape index (κ2) is 7.42. The highest BCUT2D eigenvalue weighted by Gasteiger charge is 2.23. The number of ether oxygens (including phenoxy) is 1. The van der Waals surface area contributed by atoms with Crippen molar-refractivity contribution >= 4 is 17.0 Å². The topological polar surface area (TPSA) is 86.1 Å². The Hall–Kier alpha value is -3.22. The molecule has 7 nitrogen and oxygen atoms in total. The summed E-state index contributed by atoms with van der Waals surface area (Å²) in [7, 11) is 0. The van der Waals surface area contributed by atoms with Gasteiger partial charge in [0.1, 0.15) is 11.4 Å². The van der Waals surface area contributed by atoms with E-state index in [9.17, 15) is 9.59 Å². The van der Waals surface area contributed by atoms with E-state index in [2.05, 4.69) is 15.3 Å². The lowest BCUT2D eigenvalue weighted by molar-refractivity contribution is 0.0505. The number of hydrogen-bond acceptors (Lipinski definition) is 5. The van der Waals surface area contributed by atoms with Gasteiger partial charge in [-0.2, -0.15) is 0 Å². The van der Waals surface area contributed by atoms with E-state index in [0.29, 0.717) is 22.4 Å². The molecule has 0 aliphatic carbocycles. The Kier molecular flexibility index (Phi) is 5.18. The van der Waals surface area contributed by atoms with Crippen molar-refractivity contribution in [1.29, 1.82) is 0 Å². The normalized spacial score (nSPS) is 12.6. The molecule has 146 valence electrons. The van der Waals surface area contributed by atoms with Crippen molar-refractivity contribution in [2.45, 2.75) is 46.3 Å². The molecule has 1 N–H and O–H groups in total. The fraction of sp³-hybridized carbons (Fsp3) is 0.333. The van der Waals surface area contributed by atoms with Crippen LogP contribution >= 0.6 is 0 Å². The summed E-state index contributed by atoms with van der Waals surface area (Å²) in [5.41, 5.74) is 1.17. The first-order valence-electron chi connectivity index (χ1n) is 9.09. The highest BCUT2D eigenvalue weighted by molar-refractivity contribution is 5.81. The van der Waals surface area contributed by atoms with Gasteiger partial charge in [-0.1, -0.05) is 12.1 Å². The predicted molar refractivity (Wildman–Crippen MR) is 108 cm³/mol. The number of aromatic nitrogens is 3. The van der Waals surface area contributed by atoms with Crippen molar-refractivity contribution in [3.05, 3.63) is 64.5 Å². The van der Waals surface area contributed by atoms with Gasteiger partial charge in [0, 0.05) is 6.20 Å². The molecule has 3 rings (SSSR count). The van der Waals surface area contributed by atoms with Crippen molar-refractivity contribution in [1.82, 2.24) is 19.9 Å². The molecule has 0 spiro atoms. The standard InChI is InChI=1S/C21H24N4O3/c1-13-8-6-10-16-17(13)19(26)25(15-9-7-11-22-12-15)18(24-16)14(2)23-20(27)28-21(3,4)5/h6-12,14H,1-5H3,(H,23,27). The van der Waals surface area contributed by atoms with Crippen LogP contribution in [0.1, 0.15) is 45.1 Å². The van der Waals surface area contributed by atoms with Crippen LogP contribution in [-0.4, -0.2) is 26.2 Å². The van der Waals surface area contributed by atoms with E-state index < -0.39 is 17.7 Å². The zero-order valence-corrected chi connectivity index (χ0v) is 16.7. The molecule has 2 heterocycles. The van der Waals surface area contributed by atoms with Crippen LogP contribution in [0.3, 0.4) is 0 Å². The van der Waals surface area contributed by atoms with Crippen LogP contribution in [0.25, 0.3) is 16.6 Å². The molecule has 1 unspecified atom stereocenters. The summed E-state index contributed by atoms with van der Waals surface area (Å²) in [4.78, 5) is 34.4. The molecule has 1 atom stereocenters. The first-order chi connectivity index (χ1) is 13.2. The molecule has 7 heteroatoms. The van der Waals surface area contributed by atoms with Crippen molar-refractivity contribution in [3.63, 3.8) is 0 Å². The molecule has 0 fully saturated rings. The second-order valence-electron chi connectivity index (χ2n) is 7.66. The molecule has 0 radical (unpaired) electrons. The average Bonchev–Trinajstić information content (AvgIpc) is 2.60. The number of carbonyl (C=O) groups excluding carboxylic acids is 1. The monoisotopic (exact) mass is 380 g/mol. The summed E-state index contributed by atoms with van der Waals surface area (Å²) in [5, 5.41) is 3.31. The van der Waals surface area contributed by atoms with E-state index >= 15 is 0 Å². The number of pyridine rings is 1. The van der Waals surface area contributed by atoms with E-state index in [4.69, 9.17) is 4.74 Å². The van der Waals surface area contributed by atoms with Crippen LogP contribution < -0.4 is 10.9 Å². The number of aryl methyl sites for hydroxylation is 1. The predicted octanol–water partition coefficient (Wildman–Crippen LogP) is 3.67. The molecular weight excluding hydrogens is 356 g/mol. The highest BCUT2D eigenvalue weighted by atomic mass is 16.6. The van der Waals surface area contributed by atoms with Gasteiger partial charge in [0.25, 0.3) is 5.56 Å². The van der Waals surface area contributed by atoms with Gasteiger partial charge in [-0.3, -0.25) is 14.3 Å². The molecule has 0 saturated carbocycles. The summed E-state index contributed by atoms with van der Waals surface area (Å²) in [6, 6.07) is 8.49. The van der Waals surface area contributed by atoms with Gasteiger partial charge < -0.3 is 10.1 Å². The Balaban J connectivity index is 2.15. The summed E-state index contributed by atoms with van der Waals surface area (Å²) in [5.74, 6) is 0.405. The number of alkyl carbamates (subject to hydrolysis) is 1. The van der Waals surface area contributed by atoms with Gasteiger partial charge >= 0.3 is 6.09 Å². The fourth-order valence-electron chi connectivity index (χ4n) is 2.99. The zero-order chi connectivity index (χ0) is 20.5. The number of fused-ring (bicyclic) bond motifs is 1.